The number of carbonyl (C=O) groups excluding carboxylic acids is 1. The molecular weight excluding hydrogens is 304 g/mol. The van der Waals surface area contributed by atoms with Crippen LogP contribution in [0.15, 0.2) is 12.1 Å². The van der Waals surface area contributed by atoms with E-state index in [4.69, 9.17) is 16.3 Å². The van der Waals surface area contributed by atoms with Gasteiger partial charge in [0.2, 0.25) is 5.78 Å². The third-order valence-corrected chi connectivity index (χ3v) is 7.51. The number of carbonyl (C=O) groups is 1. The van der Waals surface area contributed by atoms with E-state index in [-0.39, 0.29) is 17.3 Å². The topological polar surface area (TPSA) is 26.3 Å². The van der Waals surface area contributed by atoms with Crippen molar-refractivity contribution in [1.82, 2.24) is 0 Å². The monoisotopic (exact) mass is 326 g/mol. The number of hydrogen-bond acceptors (Lipinski definition) is 3. The second-order valence-corrected chi connectivity index (χ2v) is 9.06. The summed E-state index contributed by atoms with van der Waals surface area (Å²) in [4.78, 5) is 13.1. The third kappa shape index (κ3) is 2.29. The van der Waals surface area contributed by atoms with Crippen LogP contribution in [0, 0.1) is 16.7 Å². The highest BCUT2D eigenvalue weighted by Crippen LogP contribution is 2.66. The summed E-state index contributed by atoms with van der Waals surface area (Å²) in [5, 5.41) is 0. The van der Waals surface area contributed by atoms with Gasteiger partial charge >= 0.3 is 0 Å². The van der Waals surface area contributed by atoms with E-state index in [1.807, 2.05) is 6.92 Å². The van der Waals surface area contributed by atoms with Crippen LogP contribution in [0.3, 0.4) is 0 Å². The Morgan fingerprint density at radius 3 is 2.62 bits per heavy atom. The Hall–Kier alpha value is -0.380. The van der Waals surface area contributed by atoms with E-state index in [1.54, 1.807) is 12.1 Å². The Morgan fingerprint density at radius 1 is 1.43 bits per heavy atom. The first-order valence-electron chi connectivity index (χ1n) is 7.71. The van der Waals surface area contributed by atoms with Crippen LogP contribution in [0.4, 0.5) is 0 Å². The highest BCUT2D eigenvalue weighted by atomic mass is 35.5. The van der Waals surface area contributed by atoms with Gasteiger partial charge in [0, 0.05) is 0 Å². The summed E-state index contributed by atoms with van der Waals surface area (Å²) in [6.45, 7) is 8.93. The van der Waals surface area contributed by atoms with Crippen molar-refractivity contribution < 1.29 is 9.53 Å². The van der Waals surface area contributed by atoms with Crippen molar-refractivity contribution >= 4 is 28.7 Å². The molecule has 2 bridgehead atoms. The van der Waals surface area contributed by atoms with E-state index < -0.39 is 6.10 Å². The van der Waals surface area contributed by atoms with Crippen LogP contribution >= 0.6 is 22.9 Å². The van der Waals surface area contributed by atoms with Crippen LogP contribution in [-0.4, -0.2) is 18.0 Å². The molecule has 21 heavy (non-hydrogen) atoms. The van der Waals surface area contributed by atoms with Crippen molar-refractivity contribution in [3.8, 4) is 0 Å². The van der Waals surface area contributed by atoms with Crippen LogP contribution in [-0.2, 0) is 4.74 Å². The van der Waals surface area contributed by atoms with E-state index >= 15 is 0 Å². The molecule has 4 heteroatoms. The minimum atomic E-state index is -0.392. The fourth-order valence-corrected chi connectivity index (χ4v) is 5.35. The molecule has 3 rings (SSSR count). The Morgan fingerprint density at radius 2 is 2.14 bits per heavy atom. The van der Waals surface area contributed by atoms with Crippen molar-refractivity contribution in [2.24, 2.45) is 16.7 Å². The molecular formula is C17H23ClO2S. The lowest BCUT2D eigenvalue weighted by molar-refractivity contribution is -0.0685. The Labute approximate surface area is 135 Å². The van der Waals surface area contributed by atoms with E-state index in [0.717, 1.165) is 12.3 Å². The number of rotatable bonds is 4. The highest BCUT2D eigenvalue weighted by molar-refractivity contribution is 7.18. The van der Waals surface area contributed by atoms with Gasteiger partial charge in [-0.15, -0.1) is 11.3 Å². The van der Waals surface area contributed by atoms with E-state index in [2.05, 4.69) is 20.8 Å². The number of ketones is 1. The van der Waals surface area contributed by atoms with Gasteiger partial charge in [-0.1, -0.05) is 32.4 Å². The molecule has 0 spiro atoms. The molecule has 2 aliphatic carbocycles. The van der Waals surface area contributed by atoms with Gasteiger partial charge in [-0.2, -0.15) is 0 Å². The maximum Gasteiger partial charge on any atom is 0.201 e. The predicted octanol–water partition coefficient (Wildman–Crippen LogP) is 5.20. The van der Waals surface area contributed by atoms with Crippen molar-refractivity contribution in [2.75, 3.05) is 0 Å². The van der Waals surface area contributed by atoms with E-state index in [1.165, 1.54) is 24.2 Å². The lowest BCUT2D eigenvalue weighted by Gasteiger charge is -2.39. The summed E-state index contributed by atoms with van der Waals surface area (Å²) >= 11 is 7.25. The van der Waals surface area contributed by atoms with Gasteiger partial charge in [0.25, 0.3) is 0 Å². The summed E-state index contributed by atoms with van der Waals surface area (Å²) in [5.41, 5.74) is 0.506. The Bertz CT molecular complexity index is 565. The zero-order valence-corrected chi connectivity index (χ0v) is 14.7. The summed E-state index contributed by atoms with van der Waals surface area (Å²) in [5.74, 6) is 0.780. The number of ether oxygens (including phenoxy) is 1. The number of thiophene rings is 1. The molecule has 0 saturated heterocycles. The van der Waals surface area contributed by atoms with Crippen molar-refractivity contribution in [2.45, 2.75) is 59.2 Å². The maximum atomic E-state index is 12.4. The molecule has 1 heterocycles. The molecule has 2 fully saturated rings. The van der Waals surface area contributed by atoms with Gasteiger partial charge in [0.15, 0.2) is 0 Å². The standard InChI is InChI=1S/C17H23ClO2S/c1-10(15(19)12-5-6-14(18)21-12)20-13-9-11-7-8-17(13,4)16(11,2)3/h5-6,10-11,13H,7-9H2,1-4H3. The first-order chi connectivity index (χ1) is 9.75. The molecule has 2 aliphatic rings. The average Bonchev–Trinajstić information content (AvgIpc) is 2.99. The molecule has 1 aromatic heterocycles. The molecule has 0 amide bonds. The van der Waals surface area contributed by atoms with Gasteiger partial charge in [0.1, 0.15) is 6.10 Å². The van der Waals surface area contributed by atoms with Gasteiger partial charge in [-0.05, 0) is 55.1 Å². The fourth-order valence-electron chi connectivity index (χ4n) is 4.29. The molecule has 2 nitrogen and oxygen atoms in total. The third-order valence-electron chi connectivity index (χ3n) is 6.27. The Kier molecular flexibility index (Phi) is 3.75. The quantitative estimate of drug-likeness (QED) is 0.710. The maximum absolute atomic E-state index is 12.4. The van der Waals surface area contributed by atoms with Crippen LogP contribution in [0.25, 0.3) is 0 Å². The van der Waals surface area contributed by atoms with Crippen molar-refractivity contribution in [1.29, 1.82) is 0 Å². The summed E-state index contributed by atoms with van der Waals surface area (Å²) in [6.07, 6.45) is 3.40. The summed E-state index contributed by atoms with van der Waals surface area (Å²) in [6, 6.07) is 3.57. The second-order valence-electron chi connectivity index (χ2n) is 7.35. The molecule has 0 N–H and O–H groups in total. The van der Waals surface area contributed by atoms with Crippen LogP contribution in [0.2, 0.25) is 4.34 Å². The molecule has 4 atom stereocenters. The normalized spacial score (nSPS) is 35.1. The highest BCUT2D eigenvalue weighted by Gasteiger charge is 2.62. The minimum Gasteiger partial charge on any atom is -0.366 e. The first-order valence-corrected chi connectivity index (χ1v) is 8.90. The second kappa shape index (κ2) is 5.07. The van der Waals surface area contributed by atoms with Crippen molar-refractivity contribution in [3.63, 3.8) is 0 Å². The molecule has 116 valence electrons. The number of hydrogen-bond donors (Lipinski definition) is 0. The molecule has 1 aromatic rings. The molecule has 0 aromatic carbocycles. The van der Waals surface area contributed by atoms with Gasteiger partial charge in [0.05, 0.1) is 15.3 Å². The smallest absolute Gasteiger partial charge is 0.201 e. The van der Waals surface area contributed by atoms with Crippen LogP contribution < -0.4 is 0 Å². The SMILES string of the molecule is CC(OC1CC2CCC1(C)C2(C)C)C(=O)c1ccc(Cl)s1. The average molecular weight is 327 g/mol. The zero-order valence-electron chi connectivity index (χ0n) is 13.1. The zero-order chi connectivity index (χ0) is 15.4. The minimum absolute atomic E-state index is 0.0519. The first kappa shape index (κ1) is 15.5. The van der Waals surface area contributed by atoms with E-state index in [9.17, 15) is 4.79 Å². The van der Waals surface area contributed by atoms with Gasteiger partial charge in [-0.25, -0.2) is 0 Å². The number of Topliss-reactive ketones (excluding diaryl/α,β-unsaturated/α-hetero) is 1. The van der Waals surface area contributed by atoms with Crippen LogP contribution in [0.1, 0.15) is 56.6 Å². The number of halogens is 1. The Balaban J connectivity index is 1.72. The fraction of sp³-hybridized carbons (Fsp3) is 0.706. The molecule has 4 unspecified atom stereocenters. The lowest BCUT2D eigenvalue weighted by atomic mass is 9.70. The van der Waals surface area contributed by atoms with Crippen LogP contribution in [0.5, 0.6) is 0 Å². The van der Waals surface area contributed by atoms with Crippen molar-refractivity contribution in [3.05, 3.63) is 21.3 Å². The van der Waals surface area contributed by atoms with Gasteiger partial charge < -0.3 is 4.74 Å². The van der Waals surface area contributed by atoms with Gasteiger partial charge in [-0.3, -0.25) is 4.79 Å². The summed E-state index contributed by atoms with van der Waals surface area (Å²) < 4.78 is 6.87. The number of fused-ring (bicyclic) bond motifs is 2. The molecule has 2 saturated carbocycles. The molecule has 0 radical (unpaired) electrons. The van der Waals surface area contributed by atoms with E-state index in [0.29, 0.717) is 14.6 Å². The largest absolute Gasteiger partial charge is 0.366 e. The lowest BCUT2D eigenvalue weighted by Crippen LogP contribution is -2.40. The molecule has 0 aliphatic heterocycles. The summed E-state index contributed by atoms with van der Waals surface area (Å²) in [7, 11) is 0. The predicted molar refractivity (Wildman–Crippen MR) is 87.2 cm³/mol.